The molecule has 0 amide bonds. The Labute approximate surface area is 295 Å². The van der Waals surface area contributed by atoms with Crippen LogP contribution in [0.25, 0.3) is 32.3 Å². The fourth-order valence-corrected chi connectivity index (χ4v) is 12.4. The summed E-state index contributed by atoms with van der Waals surface area (Å²) in [5.74, 6) is 0.168. The van der Waals surface area contributed by atoms with Crippen molar-refractivity contribution in [3.05, 3.63) is 139 Å². The van der Waals surface area contributed by atoms with Gasteiger partial charge in [-0.1, -0.05) is 124 Å². The minimum Gasteiger partial charge on any atom is -0.312 e. The average Bonchev–Trinajstić information content (AvgIpc) is 3.18. The van der Waals surface area contributed by atoms with E-state index >= 15 is 0 Å². The highest BCUT2D eigenvalue weighted by molar-refractivity contribution is 7.06. The molecule has 0 N–H and O–H groups in total. The number of fused-ring (bicyclic) bond motifs is 7. The summed E-state index contributed by atoms with van der Waals surface area (Å²) in [5.41, 5.74) is 10.00. The maximum Gasteiger partial charge on any atom is 0.252 e. The molecule has 0 radical (unpaired) electrons. The van der Waals surface area contributed by atoms with Crippen LogP contribution in [-0.4, -0.2) is 14.8 Å². The SMILES string of the molecule is [2H]c1c([2H])c([2H])c(N2c3cc(C(C)C)cc4c3B(c3cccc5c3N4c3ccccc3[Si]5(C)C)c3c2cc2ccc4cccc5ccc3c2c45)c([2H])c1[2H]. The van der Waals surface area contributed by atoms with Crippen LogP contribution >= 0.6 is 0 Å². The first-order valence-electron chi connectivity index (χ1n) is 19.8. The van der Waals surface area contributed by atoms with Crippen molar-refractivity contribution in [2.45, 2.75) is 32.9 Å². The molecule has 0 unspecified atom stereocenters. The Morgan fingerprint density at radius 3 is 2.08 bits per heavy atom. The Bertz CT molecular complexity index is 2950. The third kappa shape index (κ3) is 3.42. The topological polar surface area (TPSA) is 6.48 Å². The van der Waals surface area contributed by atoms with E-state index in [1.807, 2.05) is 4.90 Å². The van der Waals surface area contributed by atoms with Gasteiger partial charge in [0, 0.05) is 34.1 Å². The van der Waals surface area contributed by atoms with Gasteiger partial charge in [-0.2, -0.15) is 0 Å². The van der Waals surface area contributed by atoms with E-state index < -0.39 is 14.1 Å². The van der Waals surface area contributed by atoms with Crippen molar-refractivity contribution in [2.24, 2.45) is 0 Å². The zero-order chi connectivity index (χ0) is 37.1. The maximum absolute atomic E-state index is 9.37. The van der Waals surface area contributed by atoms with E-state index in [0.717, 1.165) is 44.3 Å². The van der Waals surface area contributed by atoms with Gasteiger partial charge in [-0.3, -0.25) is 0 Å². The first-order valence-corrected chi connectivity index (χ1v) is 20.3. The van der Waals surface area contributed by atoms with Crippen LogP contribution in [-0.2, 0) is 0 Å². The van der Waals surface area contributed by atoms with E-state index in [4.69, 9.17) is 4.11 Å². The summed E-state index contributed by atoms with van der Waals surface area (Å²) in [6.45, 7) is 9.16. The molecule has 49 heavy (non-hydrogen) atoms. The minimum atomic E-state index is -2.14. The molecule has 0 atom stereocenters. The molecular weight excluding hydrogens is 607 g/mol. The second-order valence-electron chi connectivity index (χ2n) is 14.8. The predicted octanol–water partition coefficient (Wildman–Crippen LogP) is 8.93. The van der Waals surface area contributed by atoms with Crippen LogP contribution in [0.5, 0.6) is 0 Å². The number of hydrogen-bond acceptors (Lipinski definition) is 2. The van der Waals surface area contributed by atoms with Gasteiger partial charge in [0.15, 0.2) is 0 Å². The lowest BCUT2D eigenvalue weighted by Gasteiger charge is -2.49. The van der Waals surface area contributed by atoms with Crippen LogP contribution < -0.4 is 36.6 Å². The quantitative estimate of drug-likeness (QED) is 0.137. The van der Waals surface area contributed by atoms with Crippen LogP contribution in [0.3, 0.4) is 0 Å². The lowest BCUT2D eigenvalue weighted by Crippen LogP contribution is -2.67. The summed E-state index contributed by atoms with van der Waals surface area (Å²) in [5, 5.41) is 9.76. The maximum atomic E-state index is 9.37. The summed E-state index contributed by atoms with van der Waals surface area (Å²) >= 11 is 0. The zero-order valence-corrected chi connectivity index (χ0v) is 28.9. The van der Waals surface area contributed by atoms with E-state index in [1.165, 1.54) is 48.8 Å². The second-order valence-corrected chi connectivity index (χ2v) is 19.1. The molecule has 0 aromatic heterocycles. The van der Waals surface area contributed by atoms with Crippen LogP contribution in [0.4, 0.5) is 34.1 Å². The number of nitrogens with zero attached hydrogens (tertiary/aromatic N) is 2. The summed E-state index contributed by atoms with van der Waals surface area (Å²) in [6, 6.07) is 36.3. The fourth-order valence-electron chi connectivity index (χ4n) is 9.39. The van der Waals surface area contributed by atoms with Gasteiger partial charge in [-0.25, -0.2) is 0 Å². The van der Waals surface area contributed by atoms with Crippen molar-refractivity contribution in [1.82, 2.24) is 0 Å². The van der Waals surface area contributed by atoms with E-state index in [1.54, 1.807) is 0 Å². The average molecular weight is 648 g/mol. The fraction of sp³-hybridized carbons (Fsp3) is 0.111. The van der Waals surface area contributed by atoms with Crippen LogP contribution in [0.1, 0.15) is 32.2 Å². The highest BCUT2D eigenvalue weighted by Crippen LogP contribution is 2.48. The number of para-hydroxylation sites is 3. The summed E-state index contributed by atoms with van der Waals surface area (Å²) in [7, 11) is -2.14. The van der Waals surface area contributed by atoms with E-state index in [0.29, 0.717) is 0 Å². The van der Waals surface area contributed by atoms with Crippen LogP contribution in [0, 0.1) is 0 Å². The van der Waals surface area contributed by atoms with Crippen molar-refractivity contribution < 1.29 is 6.85 Å². The van der Waals surface area contributed by atoms with Crippen molar-refractivity contribution >= 4 is 108 Å². The van der Waals surface area contributed by atoms with Gasteiger partial charge >= 0.3 is 0 Å². The Balaban J connectivity index is 1.38. The molecule has 4 heteroatoms. The molecule has 0 saturated heterocycles. The van der Waals surface area contributed by atoms with Crippen LogP contribution in [0.15, 0.2) is 133 Å². The summed E-state index contributed by atoms with van der Waals surface area (Å²) < 4.78 is 44.9. The van der Waals surface area contributed by atoms with E-state index in [9.17, 15) is 2.74 Å². The molecule has 8 aromatic carbocycles. The Hall–Kier alpha value is -5.32. The van der Waals surface area contributed by atoms with Gasteiger partial charge in [0.25, 0.3) is 6.71 Å². The molecule has 3 heterocycles. The number of benzene rings is 8. The normalized spacial score (nSPS) is 16.6. The molecule has 0 bridgehead atoms. The van der Waals surface area contributed by atoms with Gasteiger partial charge < -0.3 is 9.80 Å². The lowest BCUT2D eigenvalue weighted by atomic mass is 9.32. The molecule has 0 fully saturated rings. The predicted molar refractivity (Wildman–Crippen MR) is 215 cm³/mol. The third-order valence-electron chi connectivity index (χ3n) is 11.6. The van der Waals surface area contributed by atoms with Crippen molar-refractivity contribution in [3.8, 4) is 0 Å². The van der Waals surface area contributed by atoms with E-state index in [-0.39, 0.29) is 42.5 Å². The summed E-state index contributed by atoms with van der Waals surface area (Å²) in [4.78, 5) is 4.50. The van der Waals surface area contributed by atoms with Gasteiger partial charge in [-0.05, 0) is 107 Å². The second kappa shape index (κ2) is 9.43. The van der Waals surface area contributed by atoms with Crippen molar-refractivity contribution in [2.75, 3.05) is 9.80 Å². The molecule has 3 aliphatic heterocycles. The Morgan fingerprint density at radius 2 is 1.29 bits per heavy atom. The zero-order valence-electron chi connectivity index (χ0n) is 32.9. The number of hydrogen-bond donors (Lipinski definition) is 0. The molecule has 232 valence electrons. The molecular formula is C45H35BN2Si. The summed E-state index contributed by atoms with van der Waals surface area (Å²) in [6.07, 6.45) is 0. The van der Waals surface area contributed by atoms with Gasteiger partial charge in [-0.15, -0.1) is 0 Å². The first kappa shape index (κ1) is 23.1. The highest BCUT2D eigenvalue weighted by atomic mass is 28.3. The minimum absolute atomic E-state index is 0.168. The van der Waals surface area contributed by atoms with Gasteiger partial charge in [0.2, 0.25) is 0 Å². The molecule has 2 nitrogen and oxygen atoms in total. The lowest BCUT2D eigenvalue weighted by molar-refractivity contribution is 0.866. The highest BCUT2D eigenvalue weighted by Gasteiger charge is 2.49. The van der Waals surface area contributed by atoms with Crippen LogP contribution in [0.2, 0.25) is 13.1 Å². The number of anilines is 6. The Morgan fingerprint density at radius 1 is 0.612 bits per heavy atom. The number of rotatable bonds is 2. The smallest absolute Gasteiger partial charge is 0.252 e. The molecule has 0 saturated carbocycles. The van der Waals surface area contributed by atoms with Gasteiger partial charge in [0.1, 0.15) is 8.07 Å². The molecule has 0 spiro atoms. The van der Waals surface area contributed by atoms with E-state index in [2.05, 4.69) is 135 Å². The first-order chi connectivity index (χ1) is 26.0. The van der Waals surface area contributed by atoms with Gasteiger partial charge in [0.05, 0.1) is 6.85 Å². The molecule has 11 rings (SSSR count). The van der Waals surface area contributed by atoms with Crippen molar-refractivity contribution in [1.29, 1.82) is 0 Å². The largest absolute Gasteiger partial charge is 0.312 e. The molecule has 3 aliphatic rings. The standard InChI is InChI=1S/C45H35BN2Si/c1-27(2)31-25-37-44-38(26-31)48-35-17-8-9-18-39(35)49(3,4)40-19-11-16-34(45(40)48)46(44)43-33-23-22-29-13-10-12-28-20-21-30(42(33)41(28)29)24-36(43)47(37)32-14-6-5-7-15-32/h5-27H,1-4H3/i5D,6D,7D,14D,15D. The molecule has 0 aliphatic carbocycles. The molecule has 8 aromatic rings. The third-order valence-corrected chi connectivity index (χ3v) is 15.1. The monoisotopic (exact) mass is 647 g/mol. The van der Waals surface area contributed by atoms with Crippen molar-refractivity contribution in [3.63, 3.8) is 0 Å². The Kier molecular flexibility index (Phi) is 4.45.